The molecule has 0 spiro atoms. The van der Waals surface area contributed by atoms with Crippen molar-refractivity contribution in [3.63, 3.8) is 0 Å². The van der Waals surface area contributed by atoms with Crippen molar-refractivity contribution in [2.24, 2.45) is 5.73 Å². The molecule has 116 valence electrons. The van der Waals surface area contributed by atoms with Crippen molar-refractivity contribution in [2.45, 2.75) is 38.8 Å². The SMILES string of the molecule is C[C@H](NC(N)=O)C(=O)N[C@@H](C)CCc1ccc(F)c(F)c1. The van der Waals surface area contributed by atoms with Gasteiger partial charge in [0.2, 0.25) is 5.91 Å². The highest BCUT2D eigenvalue weighted by atomic mass is 19.2. The molecular formula is C14H19F2N3O2. The first-order valence-electron chi connectivity index (χ1n) is 6.60. The number of carbonyl (C=O) groups excluding carboxylic acids is 2. The smallest absolute Gasteiger partial charge is 0.312 e. The predicted molar refractivity (Wildman–Crippen MR) is 74.5 cm³/mol. The maximum Gasteiger partial charge on any atom is 0.312 e. The number of hydrogen-bond donors (Lipinski definition) is 3. The van der Waals surface area contributed by atoms with Gasteiger partial charge in [-0.25, -0.2) is 13.6 Å². The zero-order chi connectivity index (χ0) is 16.0. The van der Waals surface area contributed by atoms with Crippen molar-refractivity contribution in [3.8, 4) is 0 Å². The highest BCUT2D eigenvalue weighted by Gasteiger charge is 2.16. The Morgan fingerprint density at radius 2 is 1.86 bits per heavy atom. The Morgan fingerprint density at radius 1 is 1.19 bits per heavy atom. The van der Waals surface area contributed by atoms with E-state index in [1.54, 1.807) is 6.92 Å². The number of halogens is 2. The number of aryl methyl sites for hydroxylation is 1. The summed E-state index contributed by atoms with van der Waals surface area (Å²) >= 11 is 0. The zero-order valence-electron chi connectivity index (χ0n) is 12.0. The van der Waals surface area contributed by atoms with Crippen LogP contribution in [-0.2, 0) is 11.2 Å². The Hall–Kier alpha value is -2.18. The Balaban J connectivity index is 2.43. The molecule has 0 aliphatic rings. The molecule has 0 aliphatic heterocycles. The minimum atomic E-state index is -0.886. The van der Waals surface area contributed by atoms with Crippen molar-refractivity contribution in [1.82, 2.24) is 10.6 Å². The van der Waals surface area contributed by atoms with Gasteiger partial charge in [-0.2, -0.15) is 0 Å². The van der Waals surface area contributed by atoms with Crippen LogP contribution in [0.15, 0.2) is 18.2 Å². The summed E-state index contributed by atoms with van der Waals surface area (Å²) in [5.41, 5.74) is 5.58. The Morgan fingerprint density at radius 3 is 2.43 bits per heavy atom. The van der Waals surface area contributed by atoms with E-state index in [1.807, 2.05) is 0 Å². The van der Waals surface area contributed by atoms with E-state index in [0.29, 0.717) is 18.4 Å². The summed E-state index contributed by atoms with van der Waals surface area (Å²) in [6.45, 7) is 3.30. The van der Waals surface area contributed by atoms with Gasteiger partial charge in [-0.1, -0.05) is 6.07 Å². The van der Waals surface area contributed by atoms with E-state index in [-0.39, 0.29) is 11.9 Å². The zero-order valence-corrected chi connectivity index (χ0v) is 12.0. The fourth-order valence-electron chi connectivity index (χ4n) is 1.80. The van der Waals surface area contributed by atoms with Crippen LogP contribution in [0.25, 0.3) is 0 Å². The topological polar surface area (TPSA) is 84.2 Å². The minimum absolute atomic E-state index is 0.178. The van der Waals surface area contributed by atoms with Gasteiger partial charge in [-0.05, 0) is 44.4 Å². The molecule has 0 fully saturated rings. The van der Waals surface area contributed by atoms with Crippen molar-refractivity contribution < 1.29 is 18.4 Å². The summed E-state index contributed by atoms with van der Waals surface area (Å²) in [4.78, 5) is 22.3. The third-order valence-electron chi connectivity index (χ3n) is 2.99. The van der Waals surface area contributed by atoms with Crippen LogP contribution in [0.1, 0.15) is 25.8 Å². The molecule has 2 atom stereocenters. The lowest BCUT2D eigenvalue weighted by atomic mass is 10.1. The maximum absolute atomic E-state index is 13.0. The molecule has 4 N–H and O–H groups in total. The Bertz CT molecular complexity index is 523. The summed E-state index contributed by atoms with van der Waals surface area (Å²) in [7, 11) is 0. The lowest BCUT2D eigenvalue weighted by molar-refractivity contribution is -0.123. The van der Waals surface area contributed by atoms with E-state index < -0.39 is 23.7 Å². The number of primary amides is 1. The molecule has 1 aromatic rings. The van der Waals surface area contributed by atoms with Crippen LogP contribution in [0.5, 0.6) is 0 Å². The van der Waals surface area contributed by atoms with E-state index >= 15 is 0 Å². The van der Waals surface area contributed by atoms with Crippen LogP contribution >= 0.6 is 0 Å². The highest BCUT2D eigenvalue weighted by molar-refractivity contribution is 5.86. The van der Waals surface area contributed by atoms with Gasteiger partial charge in [-0.3, -0.25) is 4.79 Å². The number of hydrogen-bond acceptors (Lipinski definition) is 2. The molecule has 5 nitrogen and oxygen atoms in total. The number of carbonyl (C=O) groups is 2. The molecule has 0 saturated carbocycles. The molecule has 21 heavy (non-hydrogen) atoms. The highest BCUT2D eigenvalue weighted by Crippen LogP contribution is 2.11. The third-order valence-corrected chi connectivity index (χ3v) is 2.99. The average molecular weight is 299 g/mol. The van der Waals surface area contributed by atoms with Gasteiger partial charge < -0.3 is 16.4 Å². The van der Waals surface area contributed by atoms with Gasteiger partial charge in [-0.15, -0.1) is 0 Å². The summed E-state index contributed by atoms with van der Waals surface area (Å²) in [6.07, 6.45) is 1.05. The monoisotopic (exact) mass is 299 g/mol. The Labute approximate surface area is 121 Å². The quantitative estimate of drug-likeness (QED) is 0.743. The lowest BCUT2D eigenvalue weighted by Crippen LogP contribution is -2.49. The van der Waals surface area contributed by atoms with Crippen molar-refractivity contribution in [2.75, 3.05) is 0 Å². The second-order valence-electron chi connectivity index (χ2n) is 4.93. The number of benzene rings is 1. The molecule has 0 heterocycles. The van der Waals surface area contributed by atoms with Crippen LogP contribution in [0.4, 0.5) is 13.6 Å². The van der Waals surface area contributed by atoms with E-state index in [1.165, 1.54) is 13.0 Å². The fraction of sp³-hybridized carbons (Fsp3) is 0.429. The number of urea groups is 1. The number of amides is 3. The van der Waals surface area contributed by atoms with E-state index in [4.69, 9.17) is 5.73 Å². The normalized spacial score (nSPS) is 13.3. The molecule has 1 rings (SSSR count). The Kier molecular flexibility index (Phi) is 6.08. The summed E-state index contributed by atoms with van der Waals surface area (Å²) in [6, 6.07) is 2.04. The second kappa shape index (κ2) is 7.56. The molecule has 0 radical (unpaired) electrons. The lowest BCUT2D eigenvalue weighted by Gasteiger charge is -2.17. The summed E-state index contributed by atoms with van der Waals surface area (Å²) in [5.74, 6) is -2.12. The van der Waals surface area contributed by atoms with Gasteiger partial charge in [0.25, 0.3) is 0 Å². The summed E-state index contributed by atoms with van der Waals surface area (Å²) < 4.78 is 25.8. The van der Waals surface area contributed by atoms with Crippen LogP contribution < -0.4 is 16.4 Å². The maximum atomic E-state index is 13.0. The van der Waals surface area contributed by atoms with Crippen LogP contribution in [0.2, 0.25) is 0 Å². The first kappa shape index (κ1) is 16.9. The third kappa shape index (κ3) is 5.76. The molecule has 0 saturated heterocycles. The molecule has 0 aliphatic carbocycles. The second-order valence-corrected chi connectivity index (χ2v) is 4.93. The molecule has 3 amide bonds. The van der Waals surface area contributed by atoms with Crippen molar-refractivity contribution >= 4 is 11.9 Å². The van der Waals surface area contributed by atoms with Crippen molar-refractivity contribution in [1.29, 1.82) is 0 Å². The van der Waals surface area contributed by atoms with E-state index in [9.17, 15) is 18.4 Å². The van der Waals surface area contributed by atoms with Gasteiger partial charge in [0.15, 0.2) is 11.6 Å². The summed E-state index contributed by atoms with van der Waals surface area (Å²) in [5, 5.41) is 4.98. The van der Waals surface area contributed by atoms with Gasteiger partial charge >= 0.3 is 6.03 Å². The predicted octanol–water partition coefficient (Wildman–Crippen LogP) is 1.46. The van der Waals surface area contributed by atoms with E-state index in [0.717, 1.165) is 12.1 Å². The van der Waals surface area contributed by atoms with Crippen LogP contribution in [0, 0.1) is 11.6 Å². The largest absolute Gasteiger partial charge is 0.352 e. The molecule has 0 aromatic heterocycles. The number of nitrogens with two attached hydrogens (primary N) is 1. The first-order chi connectivity index (χ1) is 9.79. The first-order valence-corrected chi connectivity index (χ1v) is 6.60. The standard InChI is InChI=1S/C14H19F2N3O2/c1-8(18-13(20)9(2)19-14(17)21)3-4-10-5-6-11(15)12(16)7-10/h5-9H,3-4H2,1-2H3,(H,18,20)(H3,17,19,21)/t8-,9-/m0/s1. The van der Waals surface area contributed by atoms with Gasteiger partial charge in [0, 0.05) is 6.04 Å². The van der Waals surface area contributed by atoms with Gasteiger partial charge in [0.05, 0.1) is 0 Å². The molecular weight excluding hydrogens is 280 g/mol. The number of rotatable bonds is 6. The molecule has 7 heteroatoms. The van der Waals surface area contributed by atoms with Gasteiger partial charge in [0.1, 0.15) is 6.04 Å². The molecule has 1 aromatic carbocycles. The van der Waals surface area contributed by atoms with Crippen LogP contribution in [-0.4, -0.2) is 24.0 Å². The molecule has 0 unspecified atom stereocenters. The number of nitrogens with one attached hydrogen (secondary N) is 2. The van der Waals surface area contributed by atoms with Crippen molar-refractivity contribution in [3.05, 3.63) is 35.4 Å². The van der Waals surface area contributed by atoms with Crippen LogP contribution in [0.3, 0.4) is 0 Å². The van der Waals surface area contributed by atoms with E-state index in [2.05, 4.69) is 10.6 Å². The average Bonchev–Trinajstić information content (AvgIpc) is 2.39. The molecule has 0 bridgehead atoms. The fourth-order valence-corrected chi connectivity index (χ4v) is 1.80. The minimum Gasteiger partial charge on any atom is -0.352 e.